The summed E-state index contributed by atoms with van der Waals surface area (Å²) < 4.78 is 0. The normalized spacial score (nSPS) is 11.0. The van der Waals surface area contributed by atoms with Gasteiger partial charge in [0.15, 0.2) is 0 Å². The number of carbonyl (C=O) groups is 1. The third kappa shape index (κ3) is 3.74. The number of nitrogens with one attached hydrogen (secondary N) is 2. The molecule has 0 unspecified atom stereocenters. The van der Waals surface area contributed by atoms with E-state index in [2.05, 4.69) is 15.5 Å². The maximum Gasteiger partial charge on any atom is 0.288 e. The molecule has 0 atom stereocenters. The molecule has 0 fully saturated rings. The summed E-state index contributed by atoms with van der Waals surface area (Å²) in [5.74, 6) is -0.401. The van der Waals surface area contributed by atoms with Crippen LogP contribution in [-0.2, 0) is 0 Å². The van der Waals surface area contributed by atoms with Crippen molar-refractivity contribution < 1.29 is 9.72 Å². The van der Waals surface area contributed by atoms with E-state index in [0.717, 1.165) is 22.0 Å². The number of non-ortho nitro benzene ring substituents is 1. The molecule has 0 aliphatic carbocycles. The number of aromatic nitrogens is 1. The second-order valence-corrected chi connectivity index (χ2v) is 6.34. The lowest BCUT2D eigenvalue weighted by molar-refractivity contribution is -0.384. The molecule has 2 N–H and O–H groups in total. The van der Waals surface area contributed by atoms with Crippen LogP contribution in [0.1, 0.15) is 16.1 Å². The van der Waals surface area contributed by atoms with Crippen molar-refractivity contribution in [3.05, 3.63) is 100 Å². The number of nitrogens with zero attached hydrogens (tertiary/aromatic N) is 2. The summed E-state index contributed by atoms with van der Waals surface area (Å²) in [5.41, 5.74) is 5.92. The van der Waals surface area contributed by atoms with E-state index in [4.69, 9.17) is 0 Å². The van der Waals surface area contributed by atoms with E-state index >= 15 is 0 Å². The number of benzene rings is 3. The first-order valence-corrected chi connectivity index (χ1v) is 8.87. The second kappa shape index (κ2) is 7.77. The van der Waals surface area contributed by atoms with Crippen LogP contribution in [0.5, 0.6) is 0 Å². The minimum Gasteiger partial charge on any atom is -0.350 e. The predicted molar refractivity (Wildman–Crippen MR) is 112 cm³/mol. The summed E-state index contributed by atoms with van der Waals surface area (Å²) in [5, 5.41) is 15.8. The lowest BCUT2D eigenvalue weighted by atomic mass is 10.0. The second-order valence-electron chi connectivity index (χ2n) is 6.34. The zero-order valence-corrected chi connectivity index (χ0v) is 15.2. The Morgan fingerprint density at radius 1 is 1.00 bits per heavy atom. The average molecular weight is 384 g/mol. The van der Waals surface area contributed by atoms with Crippen LogP contribution >= 0.6 is 0 Å². The van der Waals surface area contributed by atoms with Gasteiger partial charge in [0.2, 0.25) is 0 Å². The molecule has 4 aromatic rings. The molecule has 0 aliphatic rings. The highest BCUT2D eigenvalue weighted by Crippen LogP contribution is 2.32. The van der Waals surface area contributed by atoms with Crippen molar-refractivity contribution in [1.82, 2.24) is 10.4 Å². The number of amides is 1. The van der Waals surface area contributed by atoms with Gasteiger partial charge in [0.05, 0.1) is 11.1 Å². The number of carbonyl (C=O) groups excluding carboxylic acids is 1. The molecule has 0 saturated carbocycles. The smallest absolute Gasteiger partial charge is 0.288 e. The fourth-order valence-corrected chi connectivity index (χ4v) is 3.16. The van der Waals surface area contributed by atoms with Crippen LogP contribution in [0.3, 0.4) is 0 Å². The van der Waals surface area contributed by atoms with Crippen molar-refractivity contribution >= 4 is 28.7 Å². The van der Waals surface area contributed by atoms with Crippen LogP contribution in [0.2, 0.25) is 0 Å². The molecule has 1 heterocycles. The molecule has 142 valence electrons. The first-order chi connectivity index (χ1) is 14.1. The maximum absolute atomic E-state index is 12.8. The monoisotopic (exact) mass is 384 g/mol. The molecule has 0 saturated heterocycles. The summed E-state index contributed by atoms with van der Waals surface area (Å²) >= 11 is 0. The molecule has 1 aromatic heterocycles. The van der Waals surface area contributed by atoms with Gasteiger partial charge < -0.3 is 4.98 Å². The molecular formula is C22H16N4O3. The van der Waals surface area contributed by atoms with Gasteiger partial charge in [-0.15, -0.1) is 0 Å². The number of hydrogen-bond acceptors (Lipinski definition) is 4. The van der Waals surface area contributed by atoms with Crippen molar-refractivity contribution in [3.63, 3.8) is 0 Å². The van der Waals surface area contributed by atoms with Gasteiger partial charge in [-0.05, 0) is 11.6 Å². The minimum absolute atomic E-state index is 0.0396. The van der Waals surface area contributed by atoms with Gasteiger partial charge in [-0.1, -0.05) is 60.7 Å². The number of H-pyrrole nitrogens is 1. The van der Waals surface area contributed by atoms with E-state index in [1.165, 1.54) is 18.3 Å². The van der Waals surface area contributed by atoms with Crippen LogP contribution in [0.25, 0.3) is 22.0 Å². The van der Waals surface area contributed by atoms with Crippen LogP contribution in [0, 0.1) is 10.1 Å². The van der Waals surface area contributed by atoms with E-state index in [1.807, 2.05) is 54.6 Å². The number of nitro groups is 1. The van der Waals surface area contributed by atoms with Crippen LogP contribution < -0.4 is 5.43 Å². The molecule has 0 spiro atoms. The standard InChI is InChI=1S/C22H16N4O3/c27-22(25-23-14-15-7-6-10-17(13-15)26(28)29)21-20(16-8-2-1-3-9-16)18-11-4-5-12-19(18)24-21/h1-14,24H,(H,25,27)/b23-14+. The zero-order chi connectivity index (χ0) is 20.2. The Morgan fingerprint density at radius 2 is 1.76 bits per heavy atom. The van der Waals surface area contributed by atoms with Gasteiger partial charge in [-0.2, -0.15) is 5.10 Å². The van der Waals surface area contributed by atoms with Crippen molar-refractivity contribution in [2.45, 2.75) is 0 Å². The highest BCUT2D eigenvalue weighted by atomic mass is 16.6. The average Bonchev–Trinajstić information content (AvgIpc) is 3.14. The molecule has 7 nitrogen and oxygen atoms in total. The van der Waals surface area contributed by atoms with Gasteiger partial charge in [-0.25, -0.2) is 5.43 Å². The number of fused-ring (bicyclic) bond motifs is 1. The van der Waals surface area contributed by atoms with Gasteiger partial charge >= 0.3 is 0 Å². The molecule has 0 radical (unpaired) electrons. The number of aromatic amines is 1. The van der Waals surface area contributed by atoms with Crippen molar-refractivity contribution in [2.75, 3.05) is 0 Å². The first-order valence-electron chi connectivity index (χ1n) is 8.87. The van der Waals surface area contributed by atoms with Gasteiger partial charge in [0.25, 0.3) is 11.6 Å². The minimum atomic E-state index is -0.480. The quantitative estimate of drug-likeness (QED) is 0.301. The number of rotatable bonds is 5. The van der Waals surface area contributed by atoms with Crippen molar-refractivity contribution in [3.8, 4) is 11.1 Å². The highest BCUT2D eigenvalue weighted by molar-refractivity contribution is 6.09. The van der Waals surface area contributed by atoms with Gasteiger partial charge in [0, 0.05) is 34.2 Å². The van der Waals surface area contributed by atoms with E-state index in [0.29, 0.717) is 11.3 Å². The molecule has 7 heteroatoms. The van der Waals surface area contributed by atoms with Crippen LogP contribution in [0.4, 0.5) is 5.69 Å². The lowest BCUT2D eigenvalue weighted by Crippen LogP contribution is -2.18. The van der Waals surface area contributed by atoms with Crippen molar-refractivity contribution in [1.29, 1.82) is 0 Å². The SMILES string of the molecule is O=C(N/N=C/c1cccc([N+](=O)[O-])c1)c1[nH]c2ccccc2c1-c1ccccc1. The summed E-state index contributed by atoms with van der Waals surface area (Å²) in [6.45, 7) is 0. The topological polar surface area (TPSA) is 100 Å². The van der Waals surface area contributed by atoms with Crippen LogP contribution in [0.15, 0.2) is 84.0 Å². The van der Waals surface area contributed by atoms with E-state index in [-0.39, 0.29) is 5.69 Å². The Labute approximate surface area is 165 Å². The van der Waals surface area contributed by atoms with Crippen LogP contribution in [-0.4, -0.2) is 22.0 Å². The molecule has 0 aliphatic heterocycles. The fraction of sp³-hybridized carbons (Fsp3) is 0. The van der Waals surface area contributed by atoms with Crippen molar-refractivity contribution in [2.24, 2.45) is 5.10 Å². The lowest BCUT2D eigenvalue weighted by Gasteiger charge is -2.04. The summed E-state index contributed by atoms with van der Waals surface area (Å²) in [7, 11) is 0. The number of hydrazone groups is 1. The maximum atomic E-state index is 12.8. The molecule has 3 aromatic carbocycles. The third-order valence-corrected chi connectivity index (χ3v) is 4.46. The van der Waals surface area contributed by atoms with Gasteiger partial charge in [-0.3, -0.25) is 14.9 Å². The fourth-order valence-electron chi connectivity index (χ4n) is 3.16. The largest absolute Gasteiger partial charge is 0.350 e. The highest BCUT2D eigenvalue weighted by Gasteiger charge is 2.18. The Balaban J connectivity index is 1.64. The van der Waals surface area contributed by atoms with Gasteiger partial charge in [0.1, 0.15) is 5.69 Å². The first kappa shape index (κ1) is 18.1. The Kier molecular flexibility index (Phi) is 4.86. The molecule has 0 bridgehead atoms. The Bertz CT molecular complexity index is 1230. The summed E-state index contributed by atoms with van der Waals surface area (Å²) in [4.78, 5) is 26.4. The number of para-hydroxylation sites is 1. The van der Waals surface area contributed by atoms with E-state index in [1.54, 1.807) is 12.1 Å². The summed E-state index contributed by atoms with van der Waals surface area (Å²) in [6.07, 6.45) is 1.37. The predicted octanol–water partition coefficient (Wildman–Crippen LogP) is 4.51. The summed E-state index contributed by atoms with van der Waals surface area (Å²) in [6, 6.07) is 23.3. The molecular weight excluding hydrogens is 368 g/mol. The zero-order valence-electron chi connectivity index (χ0n) is 15.2. The number of nitro benzene ring substituents is 1. The Hall–Kier alpha value is -4.26. The van der Waals surface area contributed by atoms with E-state index in [9.17, 15) is 14.9 Å². The Morgan fingerprint density at radius 3 is 2.55 bits per heavy atom. The molecule has 4 rings (SSSR count). The molecule has 29 heavy (non-hydrogen) atoms. The molecule has 1 amide bonds. The third-order valence-electron chi connectivity index (χ3n) is 4.46. The number of hydrogen-bond donors (Lipinski definition) is 2. The van der Waals surface area contributed by atoms with E-state index < -0.39 is 10.8 Å².